The van der Waals surface area contributed by atoms with Gasteiger partial charge in [0.15, 0.2) is 5.82 Å². The fourth-order valence-corrected chi connectivity index (χ4v) is 2.20. The topological polar surface area (TPSA) is 94.5 Å². The Balaban J connectivity index is 1.88. The molecule has 2 aromatic heterocycles. The summed E-state index contributed by atoms with van der Waals surface area (Å²) in [6.07, 6.45) is 1.85. The minimum atomic E-state index is 0.580. The summed E-state index contributed by atoms with van der Waals surface area (Å²) < 4.78 is 6.92. The third kappa shape index (κ3) is 4.00. The van der Waals surface area contributed by atoms with Crippen molar-refractivity contribution in [2.75, 3.05) is 13.6 Å². The predicted molar refractivity (Wildman–Crippen MR) is 69.6 cm³/mol. The van der Waals surface area contributed by atoms with E-state index in [-0.39, 0.29) is 0 Å². The minimum absolute atomic E-state index is 0.580. The van der Waals surface area contributed by atoms with Crippen LogP contribution >= 0.6 is 11.8 Å². The Morgan fingerprint density at radius 3 is 3.11 bits per heavy atom. The fourth-order valence-electron chi connectivity index (χ4n) is 1.46. The molecule has 0 saturated carbocycles. The van der Waals surface area contributed by atoms with Crippen LogP contribution in [0.15, 0.2) is 9.68 Å². The maximum Gasteiger partial charge on any atom is 0.237 e. The Labute approximate surface area is 115 Å². The third-order valence-corrected chi connectivity index (χ3v) is 3.32. The summed E-state index contributed by atoms with van der Waals surface area (Å²) in [6.45, 7) is 3.64. The smallest absolute Gasteiger partial charge is 0.237 e. The second-order valence-electron chi connectivity index (χ2n) is 3.93. The van der Waals surface area contributed by atoms with E-state index >= 15 is 0 Å². The lowest BCUT2D eigenvalue weighted by atomic mass is 10.3. The number of thioether (sulfide) groups is 1. The second-order valence-corrected chi connectivity index (χ2v) is 4.87. The Morgan fingerprint density at radius 1 is 1.42 bits per heavy atom. The van der Waals surface area contributed by atoms with Crippen LogP contribution in [0.4, 0.5) is 0 Å². The highest BCUT2D eigenvalue weighted by atomic mass is 32.2. The number of aryl methyl sites for hydroxylation is 1. The number of tetrazole rings is 1. The monoisotopic (exact) mass is 283 g/mol. The van der Waals surface area contributed by atoms with E-state index in [0.29, 0.717) is 11.6 Å². The second kappa shape index (κ2) is 7.19. The van der Waals surface area contributed by atoms with Gasteiger partial charge < -0.3 is 9.84 Å². The first kappa shape index (κ1) is 13.9. The van der Waals surface area contributed by atoms with Gasteiger partial charge in [-0.25, -0.2) is 4.68 Å². The molecule has 0 amide bonds. The van der Waals surface area contributed by atoms with Gasteiger partial charge in [-0.15, -0.1) is 5.10 Å². The van der Waals surface area contributed by atoms with Crippen molar-refractivity contribution >= 4 is 11.8 Å². The number of rotatable bonds is 8. The number of likely N-dealkylation sites (N-methyl/N-ethyl adjacent to an activating group) is 1. The first-order valence-electron chi connectivity index (χ1n) is 6.18. The van der Waals surface area contributed by atoms with Crippen LogP contribution in [0.1, 0.15) is 25.1 Å². The van der Waals surface area contributed by atoms with Gasteiger partial charge in [-0.3, -0.25) is 0 Å². The standard InChI is InChI=1S/C10H17N7OS/c1-3-4-8-12-9(18-14-8)7-19-10-13-15-16-17(10)6-5-11-2/h11H,3-7H2,1-2H3. The highest BCUT2D eigenvalue weighted by Crippen LogP contribution is 2.18. The highest BCUT2D eigenvalue weighted by Gasteiger charge is 2.10. The molecule has 0 fully saturated rings. The fraction of sp³-hybridized carbons (Fsp3) is 0.700. The number of hydrogen-bond donors (Lipinski definition) is 1. The van der Waals surface area contributed by atoms with E-state index in [2.05, 4.69) is 37.9 Å². The largest absolute Gasteiger partial charge is 0.338 e. The number of hydrogen-bond acceptors (Lipinski definition) is 8. The molecule has 2 heterocycles. The van der Waals surface area contributed by atoms with Gasteiger partial charge in [0.25, 0.3) is 0 Å². The van der Waals surface area contributed by atoms with E-state index in [1.165, 1.54) is 11.8 Å². The summed E-state index contributed by atoms with van der Waals surface area (Å²) in [5.41, 5.74) is 0. The van der Waals surface area contributed by atoms with Crippen LogP contribution in [0.25, 0.3) is 0 Å². The lowest BCUT2D eigenvalue weighted by Crippen LogP contribution is -2.16. The number of nitrogens with one attached hydrogen (secondary N) is 1. The van der Waals surface area contributed by atoms with Gasteiger partial charge in [-0.1, -0.05) is 23.8 Å². The molecular formula is C10H17N7OS. The van der Waals surface area contributed by atoms with Crippen molar-refractivity contribution in [2.24, 2.45) is 0 Å². The lowest BCUT2D eigenvalue weighted by molar-refractivity contribution is 0.384. The molecule has 104 valence electrons. The van der Waals surface area contributed by atoms with Gasteiger partial charge in [0, 0.05) is 13.0 Å². The summed E-state index contributed by atoms with van der Waals surface area (Å²) in [5, 5.41) is 19.3. The maximum atomic E-state index is 5.16. The summed E-state index contributed by atoms with van der Waals surface area (Å²) in [7, 11) is 1.89. The highest BCUT2D eigenvalue weighted by molar-refractivity contribution is 7.98. The molecule has 0 saturated heterocycles. The normalized spacial score (nSPS) is 11.1. The lowest BCUT2D eigenvalue weighted by Gasteiger charge is -2.01. The summed E-state index contributed by atoms with van der Waals surface area (Å²) >= 11 is 1.49. The maximum absolute atomic E-state index is 5.16. The van der Waals surface area contributed by atoms with E-state index in [9.17, 15) is 0 Å². The zero-order chi connectivity index (χ0) is 13.5. The van der Waals surface area contributed by atoms with Crippen molar-refractivity contribution in [1.82, 2.24) is 35.7 Å². The van der Waals surface area contributed by atoms with E-state index in [1.54, 1.807) is 4.68 Å². The molecule has 0 spiro atoms. The molecule has 0 aromatic carbocycles. The molecule has 0 atom stereocenters. The Hall–Kier alpha value is -1.48. The van der Waals surface area contributed by atoms with Gasteiger partial charge in [0.2, 0.25) is 11.0 Å². The van der Waals surface area contributed by atoms with Gasteiger partial charge >= 0.3 is 0 Å². The first-order valence-corrected chi connectivity index (χ1v) is 7.17. The molecule has 0 bridgehead atoms. The van der Waals surface area contributed by atoms with Crippen LogP contribution in [0, 0.1) is 0 Å². The van der Waals surface area contributed by atoms with Gasteiger partial charge in [0.05, 0.1) is 12.3 Å². The Morgan fingerprint density at radius 2 is 2.32 bits per heavy atom. The SMILES string of the molecule is CCCc1noc(CSc2nnnn2CCNC)n1. The average molecular weight is 283 g/mol. The van der Waals surface area contributed by atoms with E-state index in [0.717, 1.165) is 36.9 Å². The number of aromatic nitrogens is 6. The van der Waals surface area contributed by atoms with E-state index in [1.807, 2.05) is 7.05 Å². The van der Waals surface area contributed by atoms with Crippen LogP contribution in [0.3, 0.4) is 0 Å². The molecule has 0 aliphatic heterocycles. The van der Waals surface area contributed by atoms with Crippen LogP contribution in [0.5, 0.6) is 0 Å². The van der Waals surface area contributed by atoms with Gasteiger partial charge in [0.1, 0.15) is 0 Å². The van der Waals surface area contributed by atoms with Gasteiger partial charge in [-0.2, -0.15) is 4.98 Å². The molecule has 8 nitrogen and oxygen atoms in total. The van der Waals surface area contributed by atoms with Crippen LogP contribution < -0.4 is 5.32 Å². The molecule has 19 heavy (non-hydrogen) atoms. The van der Waals surface area contributed by atoms with Crippen LogP contribution in [0.2, 0.25) is 0 Å². The van der Waals surface area contributed by atoms with Crippen LogP contribution in [-0.2, 0) is 18.7 Å². The molecule has 9 heteroatoms. The van der Waals surface area contributed by atoms with Crippen LogP contribution in [-0.4, -0.2) is 43.9 Å². The molecule has 0 aliphatic carbocycles. The van der Waals surface area contributed by atoms with Crippen molar-refractivity contribution < 1.29 is 4.52 Å². The van der Waals surface area contributed by atoms with Gasteiger partial charge in [-0.05, 0) is 23.9 Å². The molecule has 0 aliphatic rings. The molecule has 0 radical (unpaired) electrons. The zero-order valence-electron chi connectivity index (χ0n) is 11.0. The van der Waals surface area contributed by atoms with Crippen molar-refractivity contribution in [3.8, 4) is 0 Å². The predicted octanol–water partition coefficient (Wildman–Crippen LogP) is 0.520. The molecule has 0 unspecified atom stereocenters. The first-order chi connectivity index (χ1) is 9.33. The average Bonchev–Trinajstić information content (AvgIpc) is 3.03. The summed E-state index contributed by atoms with van der Waals surface area (Å²) in [4.78, 5) is 4.30. The van der Waals surface area contributed by atoms with Crippen molar-refractivity contribution in [3.63, 3.8) is 0 Å². The number of nitrogens with zero attached hydrogens (tertiary/aromatic N) is 6. The van der Waals surface area contributed by atoms with Crippen molar-refractivity contribution in [3.05, 3.63) is 11.7 Å². The third-order valence-electron chi connectivity index (χ3n) is 2.38. The minimum Gasteiger partial charge on any atom is -0.338 e. The van der Waals surface area contributed by atoms with Crippen molar-refractivity contribution in [1.29, 1.82) is 0 Å². The van der Waals surface area contributed by atoms with Crippen molar-refractivity contribution in [2.45, 2.75) is 37.2 Å². The Bertz CT molecular complexity index is 498. The zero-order valence-corrected chi connectivity index (χ0v) is 11.9. The molecule has 1 N–H and O–H groups in total. The Kier molecular flexibility index (Phi) is 5.28. The van der Waals surface area contributed by atoms with E-state index < -0.39 is 0 Å². The summed E-state index contributed by atoms with van der Waals surface area (Å²) in [5.74, 6) is 1.95. The molecule has 2 rings (SSSR count). The van der Waals surface area contributed by atoms with E-state index in [4.69, 9.17) is 4.52 Å². The quantitative estimate of drug-likeness (QED) is 0.701. The molecule has 2 aromatic rings. The summed E-state index contributed by atoms with van der Waals surface area (Å²) in [6, 6.07) is 0. The molecular weight excluding hydrogens is 266 g/mol.